The van der Waals surface area contributed by atoms with Gasteiger partial charge in [0.05, 0.1) is 6.04 Å². The molecule has 0 spiro atoms. The van der Waals surface area contributed by atoms with Gasteiger partial charge in [-0.05, 0) is 60.5 Å². The number of aromatic nitrogens is 4. The summed E-state index contributed by atoms with van der Waals surface area (Å²) < 4.78 is 14.9. The standard InChI is InChI=1S/C19H20FN5O/c1-13(2)25-18(22-23-24-25)15-6-4-7-16(12-15)19(26)21-10-9-14-5-3-8-17(20)11-14/h3-8,11-13H,9-10H2,1-2H3,(H,21,26). The van der Waals surface area contributed by atoms with Crippen molar-refractivity contribution in [2.75, 3.05) is 6.54 Å². The number of hydrogen-bond acceptors (Lipinski definition) is 4. The first-order valence-electron chi connectivity index (χ1n) is 8.45. The number of tetrazole rings is 1. The van der Waals surface area contributed by atoms with Crippen LogP contribution >= 0.6 is 0 Å². The summed E-state index contributed by atoms with van der Waals surface area (Å²) in [7, 11) is 0. The fourth-order valence-corrected chi connectivity index (χ4v) is 2.65. The van der Waals surface area contributed by atoms with E-state index in [1.165, 1.54) is 12.1 Å². The van der Waals surface area contributed by atoms with E-state index in [1.54, 1.807) is 28.9 Å². The molecule has 1 aromatic heterocycles. The zero-order chi connectivity index (χ0) is 18.5. The summed E-state index contributed by atoms with van der Waals surface area (Å²) in [6.45, 7) is 4.40. The molecule has 7 heteroatoms. The van der Waals surface area contributed by atoms with Crippen molar-refractivity contribution in [2.24, 2.45) is 0 Å². The molecule has 3 aromatic rings. The summed E-state index contributed by atoms with van der Waals surface area (Å²) in [5, 5.41) is 14.6. The average molecular weight is 353 g/mol. The Bertz CT molecular complexity index is 906. The molecule has 0 bridgehead atoms. The van der Waals surface area contributed by atoms with E-state index in [2.05, 4.69) is 20.8 Å². The van der Waals surface area contributed by atoms with Crippen molar-refractivity contribution in [1.29, 1.82) is 0 Å². The van der Waals surface area contributed by atoms with Crippen LogP contribution in [0.3, 0.4) is 0 Å². The maximum absolute atomic E-state index is 13.2. The maximum Gasteiger partial charge on any atom is 0.251 e. The van der Waals surface area contributed by atoms with Crippen LogP contribution in [0.1, 0.15) is 35.8 Å². The SMILES string of the molecule is CC(C)n1nnnc1-c1cccc(C(=O)NCCc2cccc(F)c2)c1. The van der Waals surface area contributed by atoms with Crippen molar-refractivity contribution in [2.45, 2.75) is 26.3 Å². The van der Waals surface area contributed by atoms with Crippen LogP contribution in [0.5, 0.6) is 0 Å². The van der Waals surface area contributed by atoms with E-state index in [4.69, 9.17) is 0 Å². The lowest BCUT2D eigenvalue weighted by molar-refractivity contribution is 0.0954. The van der Waals surface area contributed by atoms with Crippen LogP contribution in [0.25, 0.3) is 11.4 Å². The highest BCUT2D eigenvalue weighted by atomic mass is 19.1. The van der Waals surface area contributed by atoms with Crippen molar-refractivity contribution in [1.82, 2.24) is 25.5 Å². The van der Waals surface area contributed by atoms with E-state index in [0.29, 0.717) is 24.4 Å². The van der Waals surface area contributed by atoms with Gasteiger partial charge in [-0.25, -0.2) is 9.07 Å². The van der Waals surface area contributed by atoms with Crippen molar-refractivity contribution in [3.63, 3.8) is 0 Å². The van der Waals surface area contributed by atoms with Gasteiger partial charge in [0.2, 0.25) is 0 Å². The van der Waals surface area contributed by atoms with Crippen LogP contribution in [0, 0.1) is 5.82 Å². The highest BCUT2D eigenvalue weighted by Crippen LogP contribution is 2.20. The number of amides is 1. The molecule has 0 fully saturated rings. The van der Waals surface area contributed by atoms with E-state index in [0.717, 1.165) is 11.1 Å². The summed E-state index contributed by atoms with van der Waals surface area (Å²) in [4.78, 5) is 12.4. The molecular formula is C19H20FN5O. The number of nitrogens with zero attached hydrogens (tertiary/aromatic N) is 4. The first kappa shape index (κ1) is 17.7. The second-order valence-electron chi connectivity index (χ2n) is 6.26. The molecule has 6 nitrogen and oxygen atoms in total. The van der Waals surface area contributed by atoms with Crippen LogP contribution in [0.15, 0.2) is 48.5 Å². The average Bonchev–Trinajstić information content (AvgIpc) is 3.12. The Kier molecular flexibility index (Phi) is 5.36. The third-order valence-electron chi connectivity index (χ3n) is 3.95. The van der Waals surface area contributed by atoms with Crippen LogP contribution < -0.4 is 5.32 Å². The highest BCUT2D eigenvalue weighted by molar-refractivity contribution is 5.95. The smallest absolute Gasteiger partial charge is 0.251 e. The van der Waals surface area contributed by atoms with E-state index >= 15 is 0 Å². The minimum atomic E-state index is -0.274. The van der Waals surface area contributed by atoms with Crippen molar-refractivity contribution >= 4 is 5.91 Å². The Morgan fingerprint density at radius 2 is 2.00 bits per heavy atom. The van der Waals surface area contributed by atoms with Gasteiger partial charge in [-0.1, -0.05) is 24.3 Å². The fraction of sp³-hybridized carbons (Fsp3) is 0.263. The van der Waals surface area contributed by atoms with Crippen molar-refractivity contribution < 1.29 is 9.18 Å². The number of nitrogens with one attached hydrogen (secondary N) is 1. The lowest BCUT2D eigenvalue weighted by atomic mass is 10.1. The Hall–Kier alpha value is -3.09. The van der Waals surface area contributed by atoms with Gasteiger partial charge >= 0.3 is 0 Å². The molecule has 0 saturated carbocycles. The molecule has 1 N–H and O–H groups in total. The highest BCUT2D eigenvalue weighted by Gasteiger charge is 2.13. The molecule has 1 heterocycles. The second-order valence-corrected chi connectivity index (χ2v) is 6.26. The van der Waals surface area contributed by atoms with Crippen LogP contribution in [0.4, 0.5) is 4.39 Å². The van der Waals surface area contributed by atoms with Gasteiger partial charge in [-0.3, -0.25) is 4.79 Å². The van der Waals surface area contributed by atoms with Gasteiger partial charge in [0.25, 0.3) is 5.91 Å². The van der Waals surface area contributed by atoms with Crippen LogP contribution in [0.2, 0.25) is 0 Å². The van der Waals surface area contributed by atoms with Gasteiger partial charge in [-0.2, -0.15) is 0 Å². The summed E-state index contributed by atoms with van der Waals surface area (Å²) >= 11 is 0. The van der Waals surface area contributed by atoms with Crippen molar-refractivity contribution in [3.8, 4) is 11.4 Å². The summed E-state index contributed by atoms with van der Waals surface area (Å²) in [6.07, 6.45) is 0.564. The van der Waals surface area contributed by atoms with Gasteiger partial charge in [0.1, 0.15) is 5.82 Å². The molecule has 0 aliphatic heterocycles. The first-order valence-corrected chi connectivity index (χ1v) is 8.45. The molecule has 134 valence electrons. The zero-order valence-electron chi connectivity index (χ0n) is 14.7. The summed E-state index contributed by atoms with van der Waals surface area (Å²) in [5.41, 5.74) is 2.15. The second kappa shape index (κ2) is 7.86. The number of benzene rings is 2. The van der Waals surface area contributed by atoms with Gasteiger partial charge in [-0.15, -0.1) is 5.10 Å². The molecule has 0 atom stereocenters. The van der Waals surface area contributed by atoms with Crippen LogP contribution in [-0.4, -0.2) is 32.7 Å². The number of carbonyl (C=O) groups excluding carboxylic acids is 1. The predicted molar refractivity (Wildman–Crippen MR) is 96.1 cm³/mol. The third-order valence-corrected chi connectivity index (χ3v) is 3.95. The van der Waals surface area contributed by atoms with E-state index in [1.807, 2.05) is 26.0 Å². The predicted octanol–water partition coefficient (Wildman–Crippen LogP) is 3.03. The quantitative estimate of drug-likeness (QED) is 0.739. The van der Waals surface area contributed by atoms with Gasteiger partial charge in [0.15, 0.2) is 5.82 Å². The number of rotatable bonds is 6. The molecule has 0 aliphatic rings. The Balaban J connectivity index is 1.67. The fourth-order valence-electron chi connectivity index (χ4n) is 2.65. The molecule has 0 saturated heterocycles. The van der Waals surface area contributed by atoms with Gasteiger partial charge < -0.3 is 5.32 Å². The lowest BCUT2D eigenvalue weighted by Crippen LogP contribution is -2.25. The molecule has 0 radical (unpaired) electrons. The van der Waals surface area contributed by atoms with Crippen LogP contribution in [-0.2, 0) is 6.42 Å². The molecule has 26 heavy (non-hydrogen) atoms. The van der Waals surface area contributed by atoms with E-state index in [-0.39, 0.29) is 17.8 Å². The number of halogens is 1. The maximum atomic E-state index is 13.2. The minimum Gasteiger partial charge on any atom is -0.352 e. The Labute approximate surface area is 151 Å². The Morgan fingerprint density at radius 3 is 2.77 bits per heavy atom. The third kappa shape index (κ3) is 4.11. The molecule has 0 unspecified atom stereocenters. The minimum absolute atomic E-state index is 0.115. The summed E-state index contributed by atoms with van der Waals surface area (Å²) in [6, 6.07) is 13.7. The molecule has 1 amide bonds. The largest absolute Gasteiger partial charge is 0.352 e. The van der Waals surface area contributed by atoms with E-state index in [9.17, 15) is 9.18 Å². The Morgan fingerprint density at radius 1 is 1.19 bits per heavy atom. The molecule has 3 rings (SSSR count). The monoisotopic (exact) mass is 353 g/mol. The number of carbonyl (C=O) groups is 1. The molecule has 2 aromatic carbocycles. The number of hydrogen-bond donors (Lipinski definition) is 1. The normalized spacial score (nSPS) is 10.9. The summed E-state index contributed by atoms with van der Waals surface area (Å²) in [5.74, 6) is 0.158. The zero-order valence-corrected chi connectivity index (χ0v) is 14.7. The molecular weight excluding hydrogens is 333 g/mol. The lowest BCUT2D eigenvalue weighted by Gasteiger charge is -2.09. The van der Waals surface area contributed by atoms with E-state index < -0.39 is 0 Å². The molecule has 0 aliphatic carbocycles. The first-order chi connectivity index (χ1) is 12.5. The topological polar surface area (TPSA) is 72.7 Å². The van der Waals surface area contributed by atoms with Gasteiger partial charge in [0, 0.05) is 17.7 Å². The van der Waals surface area contributed by atoms with Crippen molar-refractivity contribution in [3.05, 3.63) is 65.5 Å².